The monoisotopic (exact) mass is 339 g/mol. The van der Waals surface area contributed by atoms with Crippen molar-refractivity contribution in [1.82, 2.24) is 24.8 Å². The van der Waals surface area contributed by atoms with E-state index in [9.17, 15) is 0 Å². The molecule has 1 aliphatic heterocycles. The van der Waals surface area contributed by atoms with Crippen LogP contribution in [-0.4, -0.2) is 44.5 Å². The van der Waals surface area contributed by atoms with Crippen molar-refractivity contribution >= 4 is 0 Å². The van der Waals surface area contributed by atoms with Crippen LogP contribution < -0.4 is 0 Å². The molecule has 0 saturated carbocycles. The molecule has 0 radical (unpaired) electrons. The number of hydrogen-bond acceptors (Lipinski definition) is 6. The predicted octanol–water partition coefficient (Wildman–Crippen LogP) is 2.53. The molecule has 4 rings (SSSR count). The second kappa shape index (κ2) is 7.16. The number of aromatic nitrogens is 4. The summed E-state index contributed by atoms with van der Waals surface area (Å²) in [6.07, 6.45) is 3.97. The normalized spacial score (nSPS) is 18.5. The molecular weight excluding hydrogens is 318 g/mol. The molecule has 0 spiro atoms. The highest BCUT2D eigenvalue weighted by Crippen LogP contribution is 2.23. The van der Waals surface area contributed by atoms with E-state index in [2.05, 4.69) is 27.1 Å². The number of aryl methyl sites for hydroxylation is 1. The lowest BCUT2D eigenvalue weighted by atomic mass is 10.1. The highest BCUT2D eigenvalue weighted by molar-refractivity contribution is 5.53. The fourth-order valence-electron chi connectivity index (χ4n) is 2.98. The van der Waals surface area contributed by atoms with Gasteiger partial charge in [0.1, 0.15) is 0 Å². The van der Waals surface area contributed by atoms with E-state index in [0.717, 1.165) is 30.8 Å². The molecule has 3 heterocycles. The van der Waals surface area contributed by atoms with E-state index in [0.29, 0.717) is 24.9 Å². The van der Waals surface area contributed by atoms with Gasteiger partial charge in [0.15, 0.2) is 0 Å². The molecule has 0 amide bonds. The molecule has 7 nitrogen and oxygen atoms in total. The van der Waals surface area contributed by atoms with Gasteiger partial charge in [0.05, 0.1) is 25.5 Å². The topological polar surface area (TPSA) is 69.2 Å². The molecule has 7 heteroatoms. The van der Waals surface area contributed by atoms with Crippen LogP contribution in [0.5, 0.6) is 0 Å². The Balaban J connectivity index is 1.41. The van der Waals surface area contributed by atoms with Crippen LogP contribution in [-0.2, 0) is 17.8 Å². The molecule has 25 heavy (non-hydrogen) atoms. The van der Waals surface area contributed by atoms with Crippen LogP contribution in [0.3, 0.4) is 0 Å². The maximum absolute atomic E-state index is 5.90. The van der Waals surface area contributed by atoms with E-state index in [1.54, 1.807) is 0 Å². The number of nitrogens with zero attached hydrogens (tertiary/aromatic N) is 5. The molecule has 0 unspecified atom stereocenters. The molecule has 0 N–H and O–H groups in total. The average Bonchev–Trinajstić information content (AvgIpc) is 3.32. The van der Waals surface area contributed by atoms with Crippen LogP contribution in [0, 0.1) is 0 Å². The fourth-order valence-corrected chi connectivity index (χ4v) is 2.98. The Morgan fingerprint density at radius 2 is 2.12 bits per heavy atom. The largest absolute Gasteiger partial charge is 0.371 e. The van der Waals surface area contributed by atoms with Crippen molar-refractivity contribution in [2.75, 3.05) is 19.7 Å². The van der Waals surface area contributed by atoms with Crippen LogP contribution in [0.25, 0.3) is 11.4 Å². The van der Waals surface area contributed by atoms with Gasteiger partial charge in [-0.2, -0.15) is 10.1 Å². The van der Waals surface area contributed by atoms with Crippen LogP contribution >= 0.6 is 0 Å². The predicted molar refractivity (Wildman–Crippen MR) is 91.6 cm³/mol. The summed E-state index contributed by atoms with van der Waals surface area (Å²) < 4.78 is 13.2. The van der Waals surface area contributed by atoms with Gasteiger partial charge in [0.25, 0.3) is 0 Å². The van der Waals surface area contributed by atoms with Gasteiger partial charge in [-0.1, -0.05) is 35.5 Å². The Labute approximate surface area is 146 Å². The lowest BCUT2D eigenvalue weighted by Crippen LogP contribution is -2.37. The molecule has 0 bridgehead atoms. The summed E-state index contributed by atoms with van der Waals surface area (Å²) in [5.74, 6) is 1.26. The zero-order valence-electron chi connectivity index (χ0n) is 14.2. The molecule has 1 saturated heterocycles. The minimum absolute atomic E-state index is 0.0329. The maximum Gasteiger partial charge on any atom is 0.241 e. The third-order valence-electron chi connectivity index (χ3n) is 4.36. The van der Waals surface area contributed by atoms with Crippen LogP contribution in [0.2, 0.25) is 0 Å². The van der Waals surface area contributed by atoms with E-state index >= 15 is 0 Å². The van der Waals surface area contributed by atoms with Gasteiger partial charge in [-0.25, -0.2) is 0 Å². The minimum Gasteiger partial charge on any atom is -0.371 e. The van der Waals surface area contributed by atoms with Crippen LogP contribution in [0.15, 0.2) is 47.2 Å². The molecule has 1 aliphatic rings. The number of benzene rings is 1. The SMILES string of the molecule is CCn1cc([C@H]2CN(Cc3nc(-c4ccccc4)no3)CCO2)cn1. The van der Waals surface area contributed by atoms with Gasteiger partial charge in [0, 0.05) is 37.0 Å². The third-order valence-corrected chi connectivity index (χ3v) is 4.36. The van der Waals surface area contributed by atoms with Crippen molar-refractivity contribution < 1.29 is 9.26 Å². The van der Waals surface area contributed by atoms with Crippen molar-refractivity contribution in [3.63, 3.8) is 0 Å². The van der Waals surface area contributed by atoms with Gasteiger partial charge in [-0.3, -0.25) is 9.58 Å². The Morgan fingerprint density at radius 3 is 2.92 bits per heavy atom. The second-order valence-electron chi connectivity index (χ2n) is 6.10. The van der Waals surface area contributed by atoms with Crippen LogP contribution in [0.4, 0.5) is 0 Å². The number of hydrogen-bond donors (Lipinski definition) is 0. The van der Waals surface area contributed by atoms with Crippen LogP contribution in [0.1, 0.15) is 24.5 Å². The summed E-state index contributed by atoms with van der Waals surface area (Å²) in [4.78, 5) is 6.79. The molecule has 0 aliphatic carbocycles. The quantitative estimate of drug-likeness (QED) is 0.711. The first-order chi connectivity index (χ1) is 12.3. The highest BCUT2D eigenvalue weighted by Gasteiger charge is 2.24. The second-order valence-corrected chi connectivity index (χ2v) is 6.10. The summed E-state index contributed by atoms with van der Waals surface area (Å²) in [7, 11) is 0. The lowest BCUT2D eigenvalue weighted by Gasteiger charge is -2.31. The maximum atomic E-state index is 5.90. The first kappa shape index (κ1) is 16.0. The number of morpholine rings is 1. The standard InChI is InChI=1S/C18H21N5O2/c1-2-23-11-15(10-19-23)16-12-22(8-9-24-16)13-17-20-18(21-25-17)14-6-4-3-5-7-14/h3-7,10-11,16H,2,8-9,12-13H2,1H3/t16-/m1/s1. The van der Waals surface area contributed by atoms with Gasteiger partial charge < -0.3 is 9.26 Å². The van der Waals surface area contributed by atoms with Gasteiger partial charge in [-0.15, -0.1) is 0 Å². The summed E-state index contributed by atoms with van der Waals surface area (Å²) >= 11 is 0. The van der Waals surface area contributed by atoms with E-state index in [-0.39, 0.29) is 6.10 Å². The smallest absolute Gasteiger partial charge is 0.241 e. The molecule has 1 fully saturated rings. The molecule has 3 aromatic rings. The van der Waals surface area contributed by atoms with E-state index in [4.69, 9.17) is 9.26 Å². The van der Waals surface area contributed by atoms with Crippen molar-refractivity contribution in [3.05, 3.63) is 54.2 Å². The summed E-state index contributed by atoms with van der Waals surface area (Å²) in [5.41, 5.74) is 2.08. The van der Waals surface area contributed by atoms with Crippen molar-refractivity contribution in [1.29, 1.82) is 0 Å². The zero-order valence-corrected chi connectivity index (χ0v) is 14.2. The molecule has 1 atom stereocenters. The van der Waals surface area contributed by atoms with Gasteiger partial charge in [0.2, 0.25) is 11.7 Å². The highest BCUT2D eigenvalue weighted by atomic mass is 16.5. The third kappa shape index (κ3) is 3.62. The lowest BCUT2D eigenvalue weighted by molar-refractivity contribution is -0.0356. The van der Waals surface area contributed by atoms with E-state index in [1.165, 1.54) is 0 Å². The van der Waals surface area contributed by atoms with Crippen molar-refractivity contribution in [3.8, 4) is 11.4 Å². The Bertz CT molecular complexity index is 814. The van der Waals surface area contributed by atoms with E-state index < -0.39 is 0 Å². The van der Waals surface area contributed by atoms with Gasteiger partial charge >= 0.3 is 0 Å². The van der Waals surface area contributed by atoms with Crippen molar-refractivity contribution in [2.24, 2.45) is 0 Å². The minimum atomic E-state index is 0.0329. The average molecular weight is 339 g/mol. The molecule has 1 aromatic carbocycles. The molecule has 130 valence electrons. The summed E-state index contributed by atoms with van der Waals surface area (Å²) in [6.45, 7) is 5.88. The Kier molecular flexibility index (Phi) is 4.58. The summed E-state index contributed by atoms with van der Waals surface area (Å²) in [5, 5.41) is 8.42. The Hall–Kier alpha value is -2.51. The summed E-state index contributed by atoms with van der Waals surface area (Å²) in [6, 6.07) is 9.86. The first-order valence-electron chi connectivity index (χ1n) is 8.56. The number of rotatable bonds is 5. The van der Waals surface area contributed by atoms with E-state index in [1.807, 2.05) is 47.4 Å². The molecular formula is C18H21N5O2. The Morgan fingerprint density at radius 1 is 1.24 bits per heavy atom. The van der Waals surface area contributed by atoms with Crippen molar-refractivity contribution in [2.45, 2.75) is 26.1 Å². The van der Waals surface area contributed by atoms with Gasteiger partial charge in [-0.05, 0) is 6.92 Å². The zero-order chi connectivity index (χ0) is 17.1. The first-order valence-corrected chi connectivity index (χ1v) is 8.56. The fraction of sp³-hybridized carbons (Fsp3) is 0.389. The molecule has 2 aromatic heterocycles. The number of ether oxygens (including phenoxy) is 1.